The number of sulfonamides is 2. The molecule has 16 heteroatoms. The Bertz CT molecular complexity index is 1580. The van der Waals surface area contributed by atoms with Crippen LogP contribution < -0.4 is 21.7 Å². The van der Waals surface area contributed by atoms with E-state index in [2.05, 4.69) is 25.6 Å². The van der Waals surface area contributed by atoms with Crippen LogP contribution in [0.3, 0.4) is 0 Å². The molecule has 4 rings (SSSR count). The summed E-state index contributed by atoms with van der Waals surface area (Å²) in [5.74, 6) is -0.182. The average Bonchev–Trinajstić information content (AvgIpc) is 3.42. The summed E-state index contributed by atoms with van der Waals surface area (Å²) in [6.45, 7) is 1.01. The Balaban J connectivity index is 2.20. The van der Waals surface area contributed by atoms with Gasteiger partial charge in [-0.15, -0.1) is 10.2 Å². The van der Waals surface area contributed by atoms with E-state index in [0.717, 1.165) is 5.52 Å². The summed E-state index contributed by atoms with van der Waals surface area (Å²) in [5.41, 5.74) is 14.0. The Hall–Kier alpha value is -3.28. The van der Waals surface area contributed by atoms with Crippen molar-refractivity contribution in [2.45, 2.75) is 22.8 Å². The van der Waals surface area contributed by atoms with Gasteiger partial charge in [-0.1, -0.05) is 6.07 Å². The number of nitrogens with zero attached hydrogens (tertiary/aromatic N) is 5. The van der Waals surface area contributed by atoms with Crippen LogP contribution in [0.2, 0.25) is 0 Å². The predicted octanol–water partition coefficient (Wildman–Crippen LogP) is -1.36. The summed E-state index contributed by atoms with van der Waals surface area (Å²) in [6, 6.07) is 6.40. The Morgan fingerprint density at radius 2 is 1.74 bits per heavy atom. The molecule has 0 saturated carbocycles. The zero-order chi connectivity index (χ0) is 24.7. The normalized spacial score (nSPS) is 12.5. The second kappa shape index (κ2) is 8.82. The number of aromatic amines is 1. The maximum Gasteiger partial charge on any atom is 0.240 e. The van der Waals surface area contributed by atoms with Gasteiger partial charge >= 0.3 is 0 Å². The number of nitrogens with two attached hydrogens (primary N) is 4. The van der Waals surface area contributed by atoms with Gasteiger partial charge in [-0.25, -0.2) is 32.1 Å². The molecule has 2 aromatic carbocycles. The van der Waals surface area contributed by atoms with E-state index in [4.69, 9.17) is 21.7 Å². The molecular weight excluding hydrogens is 484 g/mol. The molecular formula is C18H22N10O4S2. The van der Waals surface area contributed by atoms with Crippen molar-refractivity contribution in [2.75, 3.05) is 13.1 Å². The molecule has 14 nitrogen and oxygen atoms in total. The first-order chi connectivity index (χ1) is 16.1. The maximum absolute atomic E-state index is 12.7. The van der Waals surface area contributed by atoms with Crippen LogP contribution in [0.25, 0.3) is 33.5 Å². The molecule has 0 saturated heterocycles. The van der Waals surface area contributed by atoms with E-state index in [1.54, 1.807) is 24.5 Å². The van der Waals surface area contributed by atoms with Gasteiger partial charge in [0.15, 0.2) is 0 Å². The van der Waals surface area contributed by atoms with Crippen LogP contribution in [-0.2, 0) is 33.0 Å². The zero-order valence-electron chi connectivity index (χ0n) is 17.7. The van der Waals surface area contributed by atoms with Gasteiger partial charge in [0.05, 0.1) is 22.9 Å². The molecule has 0 spiro atoms. The number of primary sulfonamides is 2. The summed E-state index contributed by atoms with van der Waals surface area (Å²) >= 11 is 0. The van der Waals surface area contributed by atoms with E-state index >= 15 is 0 Å². The van der Waals surface area contributed by atoms with E-state index in [1.165, 1.54) is 6.07 Å². The highest BCUT2D eigenvalue weighted by Crippen LogP contribution is 2.42. The van der Waals surface area contributed by atoms with Crippen molar-refractivity contribution < 1.29 is 16.8 Å². The number of rotatable bonds is 8. The topological polar surface area (TPSA) is 245 Å². The molecule has 34 heavy (non-hydrogen) atoms. The monoisotopic (exact) mass is 506 g/mol. The molecule has 0 atom stereocenters. The Kier molecular flexibility index (Phi) is 6.19. The van der Waals surface area contributed by atoms with Crippen molar-refractivity contribution >= 4 is 31.1 Å². The summed E-state index contributed by atoms with van der Waals surface area (Å²) in [5, 5.41) is 24.4. The zero-order valence-corrected chi connectivity index (χ0v) is 19.3. The first-order valence-corrected chi connectivity index (χ1v) is 13.0. The Labute approximate surface area is 194 Å². The van der Waals surface area contributed by atoms with Crippen LogP contribution in [0.1, 0.15) is 5.56 Å². The predicted molar refractivity (Wildman–Crippen MR) is 123 cm³/mol. The molecule has 0 aliphatic carbocycles. The van der Waals surface area contributed by atoms with E-state index in [1.807, 2.05) is 4.57 Å². The number of imidazole rings is 1. The molecule has 2 aromatic heterocycles. The van der Waals surface area contributed by atoms with Gasteiger partial charge in [0.1, 0.15) is 9.79 Å². The first kappa shape index (κ1) is 23.9. The summed E-state index contributed by atoms with van der Waals surface area (Å²) in [4.78, 5) is 2.92. The third-order valence-electron chi connectivity index (χ3n) is 5.18. The van der Waals surface area contributed by atoms with Gasteiger partial charge < -0.3 is 16.0 Å². The molecule has 0 unspecified atom stereocenters. The van der Waals surface area contributed by atoms with E-state index in [9.17, 15) is 16.8 Å². The highest BCUT2D eigenvalue weighted by atomic mass is 32.2. The van der Waals surface area contributed by atoms with Gasteiger partial charge in [-0.2, -0.15) is 5.21 Å². The van der Waals surface area contributed by atoms with Crippen molar-refractivity contribution in [3.05, 3.63) is 36.2 Å². The number of hydrogen-bond donors (Lipinski definition) is 5. The van der Waals surface area contributed by atoms with Crippen molar-refractivity contribution in [2.24, 2.45) is 21.7 Å². The Morgan fingerprint density at radius 1 is 0.971 bits per heavy atom. The SMILES string of the molecule is NCCc1cc(S(N)(=O)=O)c(S(N)(=O)=O)c(-c2nn[nH]n2)c1-c1ccc2ncn(CCN)c2c1. The van der Waals surface area contributed by atoms with Gasteiger partial charge in [0.2, 0.25) is 25.9 Å². The quantitative estimate of drug-likeness (QED) is 0.188. The fraction of sp³-hybridized carbons (Fsp3) is 0.222. The fourth-order valence-corrected chi connectivity index (χ4v) is 6.06. The number of tetrazole rings is 1. The summed E-state index contributed by atoms with van der Waals surface area (Å²) in [7, 11) is -9.15. The molecule has 0 aliphatic heterocycles. The summed E-state index contributed by atoms with van der Waals surface area (Å²) in [6.07, 6.45) is 1.83. The standard InChI is InChI=1S/C18H22N10O4S2/c19-4-3-11-8-14(33(21,29)30)17(34(22,31)32)16(18-24-26-27-25-18)15(11)10-1-2-12-13(7-10)28(6-5-20)9-23-12/h1-2,7-9H,3-6,19-20H2,(H2,21,29,30)(H2,22,31,32)(H,24,25,26,27). The minimum absolute atomic E-state index is 0.130. The van der Waals surface area contributed by atoms with Crippen LogP contribution >= 0.6 is 0 Å². The highest BCUT2D eigenvalue weighted by molar-refractivity contribution is 7.92. The minimum Gasteiger partial charge on any atom is -0.330 e. The number of benzene rings is 2. The lowest BCUT2D eigenvalue weighted by atomic mass is 9.91. The summed E-state index contributed by atoms with van der Waals surface area (Å²) < 4.78 is 52.1. The van der Waals surface area contributed by atoms with E-state index < -0.39 is 29.8 Å². The lowest BCUT2D eigenvalue weighted by molar-refractivity contribution is 0.584. The van der Waals surface area contributed by atoms with Gasteiger partial charge in [-0.05, 0) is 53.1 Å². The van der Waals surface area contributed by atoms with Crippen molar-refractivity contribution in [3.63, 3.8) is 0 Å². The van der Waals surface area contributed by atoms with Gasteiger partial charge in [0.25, 0.3) is 0 Å². The van der Waals surface area contributed by atoms with Crippen molar-refractivity contribution in [1.29, 1.82) is 0 Å². The highest BCUT2D eigenvalue weighted by Gasteiger charge is 2.32. The lowest BCUT2D eigenvalue weighted by Gasteiger charge is -2.19. The fourth-order valence-electron chi connectivity index (χ4n) is 3.88. The van der Waals surface area contributed by atoms with Crippen molar-refractivity contribution in [3.8, 4) is 22.5 Å². The van der Waals surface area contributed by atoms with Crippen LogP contribution in [0.15, 0.2) is 40.4 Å². The minimum atomic E-state index is -4.63. The molecule has 0 amide bonds. The number of hydrogen-bond acceptors (Lipinski definition) is 10. The second-order valence-corrected chi connectivity index (χ2v) is 10.4. The third kappa shape index (κ3) is 4.29. The maximum atomic E-state index is 12.7. The number of nitrogens with one attached hydrogen (secondary N) is 1. The van der Waals surface area contributed by atoms with E-state index in [-0.39, 0.29) is 24.4 Å². The lowest BCUT2D eigenvalue weighted by Crippen LogP contribution is -2.23. The first-order valence-electron chi connectivity index (χ1n) is 9.91. The molecule has 0 fully saturated rings. The van der Waals surface area contributed by atoms with Crippen LogP contribution in [0.5, 0.6) is 0 Å². The van der Waals surface area contributed by atoms with Crippen LogP contribution in [-0.4, -0.2) is 60.1 Å². The molecule has 9 N–H and O–H groups in total. The smallest absolute Gasteiger partial charge is 0.240 e. The third-order valence-corrected chi connectivity index (χ3v) is 7.24. The van der Waals surface area contributed by atoms with Crippen LogP contribution in [0, 0.1) is 0 Å². The number of aromatic nitrogens is 6. The van der Waals surface area contributed by atoms with Crippen LogP contribution in [0.4, 0.5) is 0 Å². The van der Waals surface area contributed by atoms with E-state index in [0.29, 0.717) is 35.3 Å². The molecule has 2 heterocycles. The number of fused-ring (bicyclic) bond motifs is 1. The molecule has 0 bridgehead atoms. The Morgan fingerprint density at radius 3 is 2.32 bits per heavy atom. The number of H-pyrrole nitrogens is 1. The van der Waals surface area contributed by atoms with Gasteiger partial charge in [-0.3, -0.25) is 0 Å². The van der Waals surface area contributed by atoms with Gasteiger partial charge in [0, 0.05) is 13.1 Å². The molecule has 0 aliphatic rings. The average molecular weight is 507 g/mol. The molecule has 4 aromatic rings. The second-order valence-electron chi connectivity index (χ2n) is 7.41. The largest absolute Gasteiger partial charge is 0.330 e. The molecule has 180 valence electrons. The van der Waals surface area contributed by atoms with Crippen molar-refractivity contribution in [1.82, 2.24) is 30.2 Å². The molecule has 0 radical (unpaired) electrons.